The van der Waals surface area contributed by atoms with Gasteiger partial charge in [-0.1, -0.05) is 36.4 Å². The van der Waals surface area contributed by atoms with E-state index in [1.54, 1.807) is 6.08 Å². The Labute approximate surface area is 133 Å². The molecule has 124 valence electrons. The van der Waals surface area contributed by atoms with Crippen LogP contribution in [-0.4, -0.2) is 19.4 Å². The second kappa shape index (κ2) is 6.49. The standard InChI is InChI=1S/C18H19F3O2/c1-12-11-14(5-8-16(12)17-22-9-2-10-23-17)13-3-6-15(7-4-13)18(19,20)21/h3,5-8,11,13,17H,2,4,9-10H2,1H3. The number of halogens is 3. The topological polar surface area (TPSA) is 18.5 Å². The molecule has 5 heteroatoms. The van der Waals surface area contributed by atoms with E-state index in [0.717, 1.165) is 23.1 Å². The van der Waals surface area contributed by atoms with Gasteiger partial charge in [-0.15, -0.1) is 0 Å². The quantitative estimate of drug-likeness (QED) is 0.765. The number of benzene rings is 1. The first-order valence-electron chi connectivity index (χ1n) is 7.74. The molecule has 1 aliphatic heterocycles. The Bertz CT molecular complexity index is 626. The number of allylic oxidation sites excluding steroid dienone is 4. The molecule has 3 rings (SSSR count). The monoisotopic (exact) mass is 324 g/mol. The van der Waals surface area contributed by atoms with Gasteiger partial charge in [0.2, 0.25) is 0 Å². The maximum atomic E-state index is 12.6. The molecule has 0 spiro atoms. The molecule has 2 nitrogen and oxygen atoms in total. The van der Waals surface area contributed by atoms with E-state index < -0.39 is 11.7 Å². The van der Waals surface area contributed by atoms with Crippen molar-refractivity contribution in [3.63, 3.8) is 0 Å². The molecule has 0 amide bonds. The van der Waals surface area contributed by atoms with E-state index in [1.807, 2.05) is 25.1 Å². The SMILES string of the molecule is Cc1cc(C2C=CC(C(F)(F)F)=CC2)ccc1C1OCCCO1. The predicted octanol–water partition coefficient (Wildman–Crippen LogP) is 4.96. The summed E-state index contributed by atoms with van der Waals surface area (Å²) in [7, 11) is 0. The van der Waals surface area contributed by atoms with E-state index in [1.165, 1.54) is 12.2 Å². The fraction of sp³-hybridized carbons (Fsp3) is 0.444. The summed E-state index contributed by atoms with van der Waals surface area (Å²) >= 11 is 0. The van der Waals surface area contributed by atoms with E-state index in [-0.39, 0.29) is 12.2 Å². The molecule has 1 heterocycles. The van der Waals surface area contributed by atoms with Crippen molar-refractivity contribution in [3.05, 3.63) is 58.7 Å². The zero-order valence-corrected chi connectivity index (χ0v) is 12.9. The maximum Gasteiger partial charge on any atom is 0.416 e. The van der Waals surface area contributed by atoms with Gasteiger partial charge in [-0.2, -0.15) is 13.2 Å². The summed E-state index contributed by atoms with van der Waals surface area (Å²) in [4.78, 5) is 0. The molecule has 0 N–H and O–H groups in total. The number of ether oxygens (including phenoxy) is 2. The fourth-order valence-corrected chi connectivity index (χ4v) is 2.94. The first-order chi connectivity index (χ1) is 10.9. The lowest BCUT2D eigenvalue weighted by molar-refractivity contribution is -0.183. The van der Waals surface area contributed by atoms with Gasteiger partial charge in [-0.3, -0.25) is 0 Å². The third kappa shape index (κ3) is 3.67. The van der Waals surface area contributed by atoms with Crippen molar-refractivity contribution < 1.29 is 22.6 Å². The molecule has 23 heavy (non-hydrogen) atoms. The van der Waals surface area contributed by atoms with E-state index in [2.05, 4.69) is 0 Å². The van der Waals surface area contributed by atoms with Gasteiger partial charge in [-0.05, 0) is 30.9 Å². The molecule has 1 fully saturated rings. The van der Waals surface area contributed by atoms with Gasteiger partial charge in [0.15, 0.2) is 6.29 Å². The van der Waals surface area contributed by atoms with Crippen LogP contribution >= 0.6 is 0 Å². The van der Waals surface area contributed by atoms with Crippen molar-refractivity contribution in [1.82, 2.24) is 0 Å². The van der Waals surface area contributed by atoms with E-state index in [0.29, 0.717) is 19.6 Å². The second-order valence-electron chi connectivity index (χ2n) is 5.90. The van der Waals surface area contributed by atoms with Crippen LogP contribution in [-0.2, 0) is 9.47 Å². The molecule has 2 aliphatic rings. The minimum Gasteiger partial charge on any atom is -0.348 e. The van der Waals surface area contributed by atoms with Crippen molar-refractivity contribution in [3.8, 4) is 0 Å². The van der Waals surface area contributed by atoms with Gasteiger partial charge in [0, 0.05) is 11.5 Å². The Morgan fingerprint density at radius 2 is 1.87 bits per heavy atom. The van der Waals surface area contributed by atoms with Crippen LogP contribution in [0.5, 0.6) is 0 Å². The Morgan fingerprint density at radius 1 is 1.13 bits per heavy atom. The molecular weight excluding hydrogens is 305 g/mol. The molecule has 1 aromatic carbocycles. The Morgan fingerprint density at radius 3 is 2.43 bits per heavy atom. The van der Waals surface area contributed by atoms with Crippen LogP contribution in [0.25, 0.3) is 0 Å². The van der Waals surface area contributed by atoms with E-state index >= 15 is 0 Å². The lowest BCUT2D eigenvalue weighted by Crippen LogP contribution is -2.18. The van der Waals surface area contributed by atoms with Gasteiger partial charge in [0.05, 0.1) is 18.8 Å². The molecule has 0 bridgehead atoms. The zero-order valence-electron chi connectivity index (χ0n) is 12.9. The fourth-order valence-electron chi connectivity index (χ4n) is 2.94. The highest BCUT2D eigenvalue weighted by Gasteiger charge is 2.33. The first kappa shape index (κ1) is 16.3. The van der Waals surface area contributed by atoms with Crippen molar-refractivity contribution in [2.45, 2.75) is 38.1 Å². The molecule has 0 saturated carbocycles. The summed E-state index contributed by atoms with van der Waals surface area (Å²) in [5.41, 5.74) is 2.47. The number of alkyl halides is 3. The van der Waals surface area contributed by atoms with Crippen LogP contribution in [0.4, 0.5) is 13.2 Å². The Balaban J connectivity index is 1.74. The molecule has 1 atom stereocenters. The highest BCUT2D eigenvalue weighted by atomic mass is 19.4. The summed E-state index contributed by atoms with van der Waals surface area (Å²) < 4.78 is 49.2. The summed E-state index contributed by atoms with van der Waals surface area (Å²) in [6, 6.07) is 5.92. The summed E-state index contributed by atoms with van der Waals surface area (Å²) in [6.07, 6.45) is 0.722. The average molecular weight is 324 g/mol. The first-order valence-corrected chi connectivity index (χ1v) is 7.74. The minimum atomic E-state index is -4.27. The van der Waals surface area contributed by atoms with E-state index in [9.17, 15) is 13.2 Å². The molecule has 1 aromatic rings. The van der Waals surface area contributed by atoms with Gasteiger partial charge < -0.3 is 9.47 Å². The Hall–Kier alpha value is -1.59. The van der Waals surface area contributed by atoms with Crippen LogP contribution < -0.4 is 0 Å². The van der Waals surface area contributed by atoms with Crippen molar-refractivity contribution in [2.24, 2.45) is 0 Å². The number of aryl methyl sites for hydroxylation is 1. The van der Waals surface area contributed by atoms with Gasteiger partial charge >= 0.3 is 6.18 Å². The van der Waals surface area contributed by atoms with Gasteiger partial charge in [0.25, 0.3) is 0 Å². The number of hydrogen-bond acceptors (Lipinski definition) is 2. The van der Waals surface area contributed by atoms with Crippen LogP contribution in [0.1, 0.15) is 41.7 Å². The summed E-state index contributed by atoms with van der Waals surface area (Å²) in [5, 5.41) is 0. The van der Waals surface area contributed by atoms with Crippen molar-refractivity contribution in [2.75, 3.05) is 13.2 Å². The van der Waals surface area contributed by atoms with Crippen LogP contribution in [0.15, 0.2) is 42.0 Å². The molecule has 1 unspecified atom stereocenters. The highest BCUT2D eigenvalue weighted by molar-refractivity contribution is 5.39. The lowest BCUT2D eigenvalue weighted by atomic mass is 9.88. The highest BCUT2D eigenvalue weighted by Crippen LogP contribution is 2.35. The summed E-state index contributed by atoms with van der Waals surface area (Å²) in [6.45, 7) is 3.34. The van der Waals surface area contributed by atoms with Crippen LogP contribution in [0, 0.1) is 6.92 Å². The number of rotatable bonds is 2. The molecule has 1 aliphatic carbocycles. The molecule has 0 radical (unpaired) electrons. The number of hydrogen-bond donors (Lipinski definition) is 0. The Kier molecular flexibility index (Phi) is 4.60. The van der Waals surface area contributed by atoms with Crippen molar-refractivity contribution >= 4 is 0 Å². The van der Waals surface area contributed by atoms with Crippen molar-refractivity contribution in [1.29, 1.82) is 0 Å². The van der Waals surface area contributed by atoms with E-state index in [4.69, 9.17) is 9.47 Å². The summed E-state index contributed by atoms with van der Waals surface area (Å²) in [5.74, 6) is -0.0259. The minimum absolute atomic E-state index is 0.0259. The normalized spacial score (nSPS) is 23.0. The zero-order chi connectivity index (χ0) is 16.4. The third-order valence-electron chi connectivity index (χ3n) is 4.23. The smallest absolute Gasteiger partial charge is 0.348 e. The molecule has 0 aromatic heterocycles. The second-order valence-corrected chi connectivity index (χ2v) is 5.90. The predicted molar refractivity (Wildman–Crippen MR) is 81.1 cm³/mol. The largest absolute Gasteiger partial charge is 0.416 e. The average Bonchev–Trinajstić information content (AvgIpc) is 2.55. The maximum absolute atomic E-state index is 12.6. The third-order valence-corrected chi connectivity index (χ3v) is 4.23. The van der Waals surface area contributed by atoms with Crippen LogP contribution in [0.2, 0.25) is 0 Å². The van der Waals surface area contributed by atoms with Gasteiger partial charge in [-0.25, -0.2) is 0 Å². The van der Waals surface area contributed by atoms with Gasteiger partial charge in [0.1, 0.15) is 0 Å². The lowest BCUT2D eigenvalue weighted by Gasteiger charge is -2.26. The molecule has 1 saturated heterocycles. The van der Waals surface area contributed by atoms with Crippen LogP contribution in [0.3, 0.4) is 0 Å². The molecular formula is C18H19F3O2.